The number of nitrogens with two attached hydrogens (primary N) is 1. The summed E-state index contributed by atoms with van der Waals surface area (Å²) >= 11 is 0. The van der Waals surface area contributed by atoms with Crippen molar-refractivity contribution in [3.63, 3.8) is 0 Å². The van der Waals surface area contributed by atoms with E-state index in [1.165, 1.54) is 6.20 Å². The first-order valence-electron chi connectivity index (χ1n) is 12.4. The fourth-order valence-corrected chi connectivity index (χ4v) is 5.75. The Morgan fingerprint density at radius 2 is 1.84 bits per heavy atom. The van der Waals surface area contributed by atoms with E-state index in [2.05, 4.69) is 25.3 Å². The molecule has 3 aromatic heterocycles. The highest BCUT2D eigenvalue weighted by Crippen LogP contribution is 2.34. The lowest BCUT2D eigenvalue weighted by atomic mass is 9.93. The second kappa shape index (κ2) is 9.21. The molecule has 3 N–H and O–H groups in total. The molecule has 3 aliphatic rings. The second-order valence-electron chi connectivity index (χ2n) is 9.81. The Balaban J connectivity index is 1.18. The average Bonchev–Trinajstić information content (AvgIpc) is 3.42. The molecule has 1 unspecified atom stereocenters. The van der Waals surface area contributed by atoms with Gasteiger partial charge in [-0.2, -0.15) is 0 Å². The number of nitrogens with zero attached hydrogens (tertiary/aromatic N) is 7. The molecule has 0 aromatic carbocycles. The normalized spacial score (nSPS) is 22.0. The van der Waals surface area contributed by atoms with E-state index in [4.69, 9.17) is 5.73 Å². The van der Waals surface area contributed by atoms with Gasteiger partial charge in [-0.25, -0.2) is 18.3 Å². The van der Waals surface area contributed by atoms with Crippen LogP contribution >= 0.6 is 0 Å². The number of piperazine rings is 1. The van der Waals surface area contributed by atoms with E-state index in [9.17, 15) is 14.0 Å². The Morgan fingerprint density at radius 3 is 2.65 bits per heavy atom. The first-order valence-corrected chi connectivity index (χ1v) is 12.4. The van der Waals surface area contributed by atoms with Crippen LogP contribution in [-0.2, 0) is 4.79 Å². The number of hydrogen-bond donors (Lipinski definition) is 2. The van der Waals surface area contributed by atoms with Gasteiger partial charge >= 0.3 is 0 Å². The van der Waals surface area contributed by atoms with Gasteiger partial charge in [-0.1, -0.05) is 0 Å². The minimum atomic E-state index is -0.666. The lowest BCUT2D eigenvalue weighted by Crippen LogP contribution is -2.52. The molecule has 194 valence electrons. The van der Waals surface area contributed by atoms with Crippen LogP contribution in [0.15, 0.2) is 24.8 Å². The van der Waals surface area contributed by atoms with Gasteiger partial charge in [0, 0.05) is 51.2 Å². The summed E-state index contributed by atoms with van der Waals surface area (Å²) in [4.78, 5) is 40.5. The third-order valence-corrected chi connectivity index (χ3v) is 7.61. The minimum Gasteiger partial charge on any atom is -0.381 e. The molecule has 3 saturated heterocycles. The number of piperidine rings is 1. The van der Waals surface area contributed by atoms with Crippen LogP contribution in [0.4, 0.5) is 26.0 Å². The highest BCUT2D eigenvalue weighted by Gasteiger charge is 2.38. The topological polar surface area (TPSA) is 125 Å². The number of fused-ring (bicyclic) bond motifs is 3. The van der Waals surface area contributed by atoms with Crippen LogP contribution in [0.5, 0.6) is 0 Å². The van der Waals surface area contributed by atoms with Crippen molar-refractivity contribution < 1.29 is 18.4 Å². The maximum absolute atomic E-state index is 15.0. The van der Waals surface area contributed by atoms with Crippen molar-refractivity contribution in [3.8, 4) is 0 Å². The lowest BCUT2D eigenvalue weighted by molar-refractivity contribution is -0.139. The molecular weight excluding hydrogens is 484 g/mol. The smallest absolute Gasteiger partial charge is 0.263 e. The van der Waals surface area contributed by atoms with Gasteiger partial charge in [0.2, 0.25) is 5.91 Å². The van der Waals surface area contributed by atoms with Crippen LogP contribution in [0.25, 0.3) is 5.65 Å². The molecular formula is C24H27F2N9O2. The van der Waals surface area contributed by atoms with E-state index in [0.717, 1.165) is 55.7 Å². The quantitative estimate of drug-likeness (QED) is 0.538. The van der Waals surface area contributed by atoms with E-state index < -0.39 is 17.5 Å². The highest BCUT2D eigenvalue weighted by atomic mass is 19.1. The summed E-state index contributed by atoms with van der Waals surface area (Å²) in [6.45, 7) is 4.63. The molecule has 37 heavy (non-hydrogen) atoms. The van der Waals surface area contributed by atoms with Crippen LogP contribution in [0.3, 0.4) is 0 Å². The number of hydrogen-bond acceptors (Lipinski definition) is 8. The Labute approximate surface area is 211 Å². The molecule has 0 spiro atoms. The SMILES string of the molecule is Nc1nn2cc(F)cnc2c1C(=O)Nc1cncc(F)c1N1CCC(C(=O)N2CCN3CC[C@H]2C3)CC1. The lowest BCUT2D eigenvalue weighted by Gasteiger charge is -2.39. The van der Waals surface area contributed by atoms with Gasteiger partial charge in [0.15, 0.2) is 23.1 Å². The van der Waals surface area contributed by atoms with Gasteiger partial charge in [-0.3, -0.25) is 19.5 Å². The Bertz CT molecular complexity index is 1370. The van der Waals surface area contributed by atoms with Gasteiger partial charge in [0.05, 0.1) is 30.5 Å². The Kier molecular flexibility index (Phi) is 5.86. The molecule has 11 nitrogen and oxygen atoms in total. The maximum Gasteiger partial charge on any atom is 0.263 e. The summed E-state index contributed by atoms with van der Waals surface area (Å²) in [5.74, 6) is -1.92. The number of anilines is 3. The monoisotopic (exact) mass is 511 g/mol. The van der Waals surface area contributed by atoms with Crippen LogP contribution in [0.2, 0.25) is 0 Å². The number of amides is 2. The second-order valence-corrected chi connectivity index (χ2v) is 9.81. The zero-order valence-electron chi connectivity index (χ0n) is 20.1. The standard InChI is InChI=1S/C24H27F2N9O2/c25-15-9-29-22-19(21(27)31-35(22)12-15)23(36)30-18-11-28-10-17(26)20(18)33-5-1-14(2-6-33)24(37)34-8-7-32-4-3-16(34)13-32/h9-12,14,16H,1-8,13H2,(H2,27,31)(H,30,36)/t16-/m0/s1. The molecule has 6 heterocycles. The molecule has 3 aromatic rings. The summed E-state index contributed by atoms with van der Waals surface area (Å²) < 4.78 is 29.6. The molecule has 0 aliphatic carbocycles. The number of rotatable bonds is 4. The maximum atomic E-state index is 15.0. The number of aromatic nitrogens is 4. The average molecular weight is 512 g/mol. The van der Waals surface area contributed by atoms with E-state index in [1.807, 2.05) is 9.80 Å². The molecule has 2 bridgehead atoms. The van der Waals surface area contributed by atoms with Gasteiger partial charge in [-0.15, -0.1) is 5.10 Å². The third kappa shape index (κ3) is 4.22. The fourth-order valence-electron chi connectivity index (χ4n) is 5.75. The summed E-state index contributed by atoms with van der Waals surface area (Å²) in [7, 11) is 0. The first kappa shape index (κ1) is 23.5. The van der Waals surface area contributed by atoms with Gasteiger partial charge in [-0.05, 0) is 19.3 Å². The van der Waals surface area contributed by atoms with Crippen LogP contribution in [0, 0.1) is 17.6 Å². The molecule has 2 amide bonds. The zero-order chi connectivity index (χ0) is 25.7. The van der Waals surface area contributed by atoms with Crippen molar-refractivity contribution in [2.24, 2.45) is 5.92 Å². The van der Waals surface area contributed by atoms with Crippen molar-refractivity contribution in [1.82, 2.24) is 29.4 Å². The third-order valence-electron chi connectivity index (χ3n) is 7.61. The fraction of sp³-hybridized carbons (Fsp3) is 0.458. The van der Waals surface area contributed by atoms with Crippen molar-refractivity contribution in [2.75, 3.05) is 55.2 Å². The summed E-state index contributed by atoms with van der Waals surface area (Å²) in [6, 6.07) is 0.303. The predicted octanol–water partition coefficient (Wildman–Crippen LogP) is 1.37. The number of carbonyl (C=O) groups is 2. The van der Waals surface area contributed by atoms with Crippen molar-refractivity contribution >= 4 is 34.7 Å². The Hall–Kier alpha value is -3.87. The number of carbonyl (C=O) groups excluding carboxylic acids is 2. The minimum absolute atomic E-state index is 0.0495. The number of nitrogen functional groups attached to an aromatic ring is 1. The van der Waals surface area contributed by atoms with Crippen molar-refractivity contribution in [2.45, 2.75) is 25.3 Å². The number of nitrogens with one attached hydrogen (secondary N) is 1. The van der Waals surface area contributed by atoms with Gasteiger partial charge < -0.3 is 20.9 Å². The summed E-state index contributed by atoms with van der Waals surface area (Å²) in [5.41, 5.74) is 6.29. The molecule has 13 heteroatoms. The number of pyridine rings is 1. The van der Waals surface area contributed by atoms with Crippen molar-refractivity contribution in [3.05, 3.63) is 42.0 Å². The van der Waals surface area contributed by atoms with Gasteiger partial charge in [0.1, 0.15) is 11.3 Å². The molecule has 0 saturated carbocycles. The van der Waals surface area contributed by atoms with E-state index in [0.29, 0.717) is 32.0 Å². The zero-order valence-corrected chi connectivity index (χ0v) is 20.1. The summed E-state index contributed by atoms with van der Waals surface area (Å²) in [5, 5.41) is 6.61. The molecule has 6 rings (SSSR count). The van der Waals surface area contributed by atoms with Crippen molar-refractivity contribution in [1.29, 1.82) is 0 Å². The van der Waals surface area contributed by atoms with E-state index in [1.54, 1.807) is 0 Å². The molecule has 2 atom stereocenters. The first-order chi connectivity index (χ1) is 17.9. The highest BCUT2D eigenvalue weighted by molar-refractivity contribution is 6.12. The van der Waals surface area contributed by atoms with Crippen LogP contribution in [-0.4, -0.2) is 86.5 Å². The van der Waals surface area contributed by atoms with E-state index >= 15 is 4.39 Å². The summed E-state index contributed by atoms with van der Waals surface area (Å²) in [6.07, 6.45) is 6.69. The molecule has 3 aliphatic heterocycles. The van der Waals surface area contributed by atoms with Gasteiger partial charge in [0.25, 0.3) is 5.91 Å². The Morgan fingerprint density at radius 1 is 1.03 bits per heavy atom. The van der Waals surface area contributed by atoms with Crippen LogP contribution < -0.4 is 16.0 Å². The largest absolute Gasteiger partial charge is 0.381 e. The molecule has 0 radical (unpaired) electrons. The van der Waals surface area contributed by atoms with Crippen LogP contribution in [0.1, 0.15) is 29.6 Å². The molecule has 3 fully saturated rings. The van der Waals surface area contributed by atoms with E-state index in [-0.39, 0.29) is 40.2 Å². The predicted molar refractivity (Wildman–Crippen MR) is 131 cm³/mol. The number of halogens is 2.